The van der Waals surface area contributed by atoms with Crippen molar-refractivity contribution in [1.29, 1.82) is 0 Å². The molecule has 1 aromatic rings. The fourth-order valence-electron chi connectivity index (χ4n) is 3.63. The summed E-state index contributed by atoms with van der Waals surface area (Å²) in [6.45, 7) is 4.98. The van der Waals surface area contributed by atoms with Crippen molar-refractivity contribution in [1.82, 2.24) is 14.8 Å². The molecule has 2 bridgehead atoms. The first-order valence-electron chi connectivity index (χ1n) is 7.16. The molecule has 0 aliphatic carbocycles. The van der Waals surface area contributed by atoms with Gasteiger partial charge in [0.2, 0.25) is 0 Å². The Kier molecular flexibility index (Phi) is 2.83. The minimum absolute atomic E-state index is 0.472. The van der Waals surface area contributed by atoms with Crippen LogP contribution in [0.3, 0.4) is 0 Å². The summed E-state index contributed by atoms with van der Waals surface area (Å²) >= 11 is 0. The van der Waals surface area contributed by atoms with Gasteiger partial charge in [-0.3, -0.25) is 16.9 Å². The molecule has 4 rings (SSSR count). The SMILES string of the molecule is [CH2-]N1CCc2c(ccnc2CN2C[C@@H]3C[C@H]2CO3)C1. The van der Waals surface area contributed by atoms with Crippen molar-refractivity contribution in [2.45, 2.75) is 38.1 Å². The molecule has 102 valence electrons. The van der Waals surface area contributed by atoms with E-state index in [0.29, 0.717) is 12.1 Å². The molecule has 2 saturated heterocycles. The van der Waals surface area contributed by atoms with Crippen molar-refractivity contribution >= 4 is 0 Å². The molecular formula is C15H20N3O-. The normalized spacial score (nSPS) is 30.8. The lowest BCUT2D eigenvalue weighted by molar-refractivity contribution is 0.0267. The Hall–Kier alpha value is -0.970. The van der Waals surface area contributed by atoms with Gasteiger partial charge in [-0.1, -0.05) is 0 Å². The molecule has 0 N–H and O–H groups in total. The van der Waals surface area contributed by atoms with Gasteiger partial charge in [0, 0.05) is 25.3 Å². The molecule has 3 aliphatic rings. The first-order chi connectivity index (χ1) is 9.29. The van der Waals surface area contributed by atoms with Crippen LogP contribution in [0.25, 0.3) is 0 Å². The number of hydrogen-bond donors (Lipinski definition) is 0. The van der Waals surface area contributed by atoms with Crippen LogP contribution in [0.4, 0.5) is 0 Å². The van der Waals surface area contributed by atoms with E-state index >= 15 is 0 Å². The summed E-state index contributed by atoms with van der Waals surface area (Å²) in [4.78, 5) is 9.33. The number of pyridine rings is 1. The third-order valence-corrected chi connectivity index (χ3v) is 4.68. The van der Waals surface area contributed by atoms with E-state index < -0.39 is 0 Å². The first-order valence-corrected chi connectivity index (χ1v) is 7.16. The molecule has 4 heterocycles. The molecule has 4 nitrogen and oxygen atoms in total. The average Bonchev–Trinajstić information content (AvgIpc) is 3.01. The zero-order chi connectivity index (χ0) is 12.8. The standard InChI is InChI=1S/C15H20N3O/c1-17-5-3-14-11(7-17)2-4-16-15(14)9-18-8-13-6-12(18)10-19-13/h2,4,12-13H,1,3,5-10H2/q-1/t12-,13-/m0/s1. The van der Waals surface area contributed by atoms with E-state index in [1.165, 1.54) is 23.2 Å². The third kappa shape index (κ3) is 2.08. The number of likely N-dealkylation sites (tertiary alicyclic amines) is 1. The van der Waals surface area contributed by atoms with Crippen molar-refractivity contribution in [2.24, 2.45) is 0 Å². The van der Waals surface area contributed by atoms with Gasteiger partial charge in [0.15, 0.2) is 0 Å². The van der Waals surface area contributed by atoms with Gasteiger partial charge < -0.3 is 9.64 Å². The number of fused-ring (bicyclic) bond motifs is 3. The van der Waals surface area contributed by atoms with Crippen LogP contribution in [0, 0.1) is 7.05 Å². The highest BCUT2D eigenvalue weighted by Gasteiger charge is 2.39. The maximum Gasteiger partial charge on any atom is 0.0718 e. The smallest absolute Gasteiger partial charge is 0.0718 e. The van der Waals surface area contributed by atoms with E-state index in [1.54, 1.807) is 0 Å². The lowest BCUT2D eigenvalue weighted by Crippen LogP contribution is -2.37. The van der Waals surface area contributed by atoms with E-state index in [4.69, 9.17) is 4.74 Å². The minimum Gasteiger partial charge on any atom is -0.455 e. The zero-order valence-electron chi connectivity index (χ0n) is 11.2. The van der Waals surface area contributed by atoms with E-state index in [9.17, 15) is 0 Å². The van der Waals surface area contributed by atoms with Gasteiger partial charge in [-0.15, -0.1) is 0 Å². The van der Waals surface area contributed by atoms with Crippen LogP contribution >= 0.6 is 0 Å². The van der Waals surface area contributed by atoms with Crippen molar-refractivity contribution in [3.05, 3.63) is 36.1 Å². The topological polar surface area (TPSA) is 28.6 Å². The molecule has 3 aliphatic heterocycles. The number of hydrogen-bond acceptors (Lipinski definition) is 4. The Labute approximate surface area is 114 Å². The molecule has 0 aromatic carbocycles. The van der Waals surface area contributed by atoms with Crippen molar-refractivity contribution in [3.63, 3.8) is 0 Å². The number of aromatic nitrogens is 1. The monoisotopic (exact) mass is 258 g/mol. The van der Waals surface area contributed by atoms with Crippen LogP contribution in [0.5, 0.6) is 0 Å². The summed E-state index contributed by atoms with van der Waals surface area (Å²) in [5, 5.41) is 0. The van der Waals surface area contributed by atoms with Gasteiger partial charge in [0.05, 0.1) is 18.4 Å². The fraction of sp³-hybridized carbons (Fsp3) is 0.600. The number of ether oxygens (including phenoxy) is 1. The molecule has 2 atom stereocenters. The van der Waals surface area contributed by atoms with E-state index in [0.717, 1.165) is 39.2 Å². The van der Waals surface area contributed by atoms with E-state index in [1.807, 2.05) is 6.20 Å². The van der Waals surface area contributed by atoms with Crippen LogP contribution in [-0.2, 0) is 24.2 Å². The molecule has 4 heteroatoms. The molecule has 0 radical (unpaired) electrons. The van der Waals surface area contributed by atoms with Gasteiger partial charge in [0.25, 0.3) is 0 Å². The minimum atomic E-state index is 0.472. The summed E-state index contributed by atoms with van der Waals surface area (Å²) in [6.07, 6.45) is 4.72. The second-order valence-corrected chi connectivity index (χ2v) is 5.97. The van der Waals surface area contributed by atoms with Gasteiger partial charge in [-0.25, -0.2) is 0 Å². The summed E-state index contributed by atoms with van der Waals surface area (Å²) in [6, 6.07) is 2.77. The summed E-state index contributed by atoms with van der Waals surface area (Å²) < 4.78 is 5.67. The summed E-state index contributed by atoms with van der Waals surface area (Å²) in [5.41, 5.74) is 4.15. The van der Waals surface area contributed by atoms with Crippen molar-refractivity contribution in [3.8, 4) is 0 Å². The lowest BCUT2D eigenvalue weighted by atomic mass is 9.98. The van der Waals surface area contributed by atoms with E-state index in [-0.39, 0.29) is 0 Å². The van der Waals surface area contributed by atoms with Crippen LogP contribution in [-0.4, -0.2) is 46.6 Å². The Morgan fingerprint density at radius 2 is 2.42 bits per heavy atom. The molecule has 2 fully saturated rings. The van der Waals surface area contributed by atoms with Gasteiger partial charge in [0.1, 0.15) is 0 Å². The molecule has 0 amide bonds. The highest BCUT2D eigenvalue weighted by atomic mass is 16.5. The molecule has 0 saturated carbocycles. The maximum absolute atomic E-state index is 5.67. The predicted octanol–water partition coefficient (Wildman–Crippen LogP) is 1.20. The van der Waals surface area contributed by atoms with Crippen LogP contribution in [0.15, 0.2) is 12.3 Å². The second-order valence-electron chi connectivity index (χ2n) is 5.97. The molecule has 0 spiro atoms. The Bertz CT molecular complexity index is 490. The van der Waals surface area contributed by atoms with Gasteiger partial charge in [-0.05, 0) is 43.1 Å². The van der Waals surface area contributed by atoms with Crippen molar-refractivity contribution in [2.75, 3.05) is 19.7 Å². The summed E-state index contributed by atoms with van der Waals surface area (Å²) in [7, 11) is 4.05. The third-order valence-electron chi connectivity index (χ3n) is 4.68. The van der Waals surface area contributed by atoms with Crippen LogP contribution in [0.2, 0.25) is 0 Å². The largest absolute Gasteiger partial charge is 0.455 e. The summed E-state index contributed by atoms with van der Waals surface area (Å²) in [5.74, 6) is 0. The fourth-order valence-corrected chi connectivity index (χ4v) is 3.63. The lowest BCUT2D eigenvalue weighted by Gasteiger charge is -2.33. The van der Waals surface area contributed by atoms with E-state index in [2.05, 4.69) is 27.9 Å². The number of nitrogens with zero attached hydrogens (tertiary/aromatic N) is 3. The Balaban J connectivity index is 1.57. The highest BCUT2D eigenvalue weighted by Crippen LogP contribution is 2.30. The number of morpholine rings is 1. The Morgan fingerprint density at radius 1 is 1.47 bits per heavy atom. The van der Waals surface area contributed by atoms with Crippen molar-refractivity contribution < 1.29 is 4.74 Å². The molecular weight excluding hydrogens is 238 g/mol. The van der Waals surface area contributed by atoms with Crippen LogP contribution < -0.4 is 0 Å². The van der Waals surface area contributed by atoms with Gasteiger partial charge in [-0.2, -0.15) is 0 Å². The predicted molar refractivity (Wildman–Crippen MR) is 72.3 cm³/mol. The average molecular weight is 258 g/mol. The molecule has 0 unspecified atom stereocenters. The second kappa shape index (κ2) is 4.54. The Morgan fingerprint density at radius 3 is 3.21 bits per heavy atom. The first kappa shape index (κ1) is 11.8. The highest BCUT2D eigenvalue weighted by molar-refractivity contribution is 5.32. The molecule has 19 heavy (non-hydrogen) atoms. The number of rotatable bonds is 2. The maximum atomic E-state index is 5.67. The zero-order valence-corrected chi connectivity index (χ0v) is 11.2. The van der Waals surface area contributed by atoms with Gasteiger partial charge >= 0.3 is 0 Å². The quantitative estimate of drug-likeness (QED) is 0.745. The molecule has 1 aromatic heterocycles. The van der Waals surface area contributed by atoms with Crippen LogP contribution in [0.1, 0.15) is 23.2 Å².